The lowest BCUT2D eigenvalue weighted by Crippen LogP contribution is -2.24. The number of carbonyl (C=O) groups excluding carboxylic acids is 2. The number of hydrogen-bond donors (Lipinski definition) is 3. The Balaban J connectivity index is 2.23. The summed E-state index contributed by atoms with van der Waals surface area (Å²) in [6, 6.07) is 5.61. The number of fused-ring (bicyclic) bond motifs is 1. The van der Waals surface area contributed by atoms with Gasteiger partial charge in [-0.3, -0.25) is 28.8 Å². The third-order valence-corrected chi connectivity index (χ3v) is 4.21. The van der Waals surface area contributed by atoms with Crippen molar-refractivity contribution in [1.29, 1.82) is 0 Å². The van der Waals surface area contributed by atoms with Crippen LogP contribution in [-0.4, -0.2) is 29.4 Å². The lowest BCUT2D eigenvalue weighted by atomic mass is 10.1. The average molecular weight is 335 g/mol. The van der Waals surface area contributed by atoms with Gasteiger partial charge in [0, 0.05) is 6.07 Å². The number of benzene rings is 1. The minimum Gasteiger partial charge on any atom is -0.384 e. The van der Waals surface area contributed by atoms with Crippen LogP contribution in [0.15, 0.2) is 40.0 Å². The quantitative estimate of drug-likeness (QED) is 0.497. The maximum atomic E-state index is 12.2. The summed E-state index contributed by atoms with van der Waals surface area (Å²) in [6.07, 6.45) is 0. The van der Waals surface area contributed by atoms with Gasteiger partial charge in [-0.2, -0.15) is 8.42 Å². The molecule has 1 aromatic heterocycles. The molecule has 1 aromatic carbocycles. The molecule has 0 aliphatic carbocycles. The van der Waals surface area contributed by atoms with Crippen LogP contribution in [0.2, 0.25) is 0 Å². The third kappa shape index (κ3) is 2.29. The Morgan fingerprint density at radius 2 is 1.65 bits per heavy atom. The van der Waals surface area contributed by atoms with Crippen molar-refractivity contribution >= 4 is 27.8 Å². The van der Waals surface area contributed by atoms with Crippen molar-refractivity contribution in [3.05, 3.63) is 51.8 Å². The number of anilines is 1. The first kappa shape index (κ1) is 14.9. The molecule has 1 aliphatic rings. The van der Waals surface area contributed by atoms with Gasteiger partial charge >= 0.3 is 0 Å². The second-order valence-corrected chi connectivity index (χ2v) is 6.17. The number of hydrogen-bond acceptors (Lipinski definition) is 6. The van der Waals surface area contributed by atoms with Crippen molar-refractivity contribution in [2.75, 3.05) is 5.73 Å². The Hall–Kier alpha value is -2.98. The zero-order chi connectivity index (χ0) is 16.9. The van der Waals surface area contributed by atoms with Gasteiger partial charge in [0.1, 0.15) is 5.82 Å². The lowest BCUT2D eigenvalue weighted by Gasteiger charge is -2.12. The van der Waals surface area contributed by atoms with Crippen molar-refractivity contribution in [2.45, 2.75) is 4.90 Å². The first-order chi connectivity index (χ1) is 10.7. The molecule has 2 amide bonds. The molecule has 3 rings (SSSR count). The molecule has 0 saturated carbocycles. The van der Waals surface area contributed by atoms with E-state index in [-0.39, 0.29) is 27.5 Å². The van der Waals surface area contributed by atoms with E-state index in [1.807, 2.05) is 5.32 Å². The monoisotopic (exact) mass is 335 g/mol. The number of rotatable bonds is 2. The van der Waals surface area contributed by atoms with E-state index in [4.69, 9.17) is 10.3 Å². The van der Waals surface area contributed by atoms with E-state index in [1.54, 1.807) is 0 Å². The molecule has 0 radical (unpaired) electrons. The lowest BCUT2D eigenvalue weighted by molar-refractivity contribution is 0.0880. The summed E-state index contributed by atoms with van der Waals surface area (Å²) in [7, 11) is -4.38. The van der Waals surface area contributed by atoms with Crippen LogP contribution < -0.4 is 16.6 Å². The Labute approximate surface area is 129 Å². The van der Waals surface area contributed by atoms with Gasteiger partial charge in [0.2, 0.25) is 0 Å². The van der Waals surface area contributed by atoms with Crippen LogP contribution in [0.3, 0.4) is 0 Å². The highest BCUT2D eigenvalue weighted by Gasteiger charge is 2.31. The molecule has 0 unspecified atom stereocenters. The Bertz CT molecular complexity index is 1020. The third-order valence-electron chi connectivity index (χ3n) is 3.35. The first-order valence-electron chi connectivity index (χ1n) is 6.19. The molecule has 0 spiro atoms. The zero-order valence-electron chi connectivity index (χ0n) is 11.3. The molecule has 4 N–H and O–H groups in total. The highest BCUT2D eigenvalue weighted by Crippen LogP contribution is 2.23. The van der Waals surface area contributed by atoms with Crippen LogP contribution in [-0.2, 0) is 10.1 Å². The molecule has 10 heteroatoms. The number of imide groups is 1. The predicted octanol–water partition coefficient (Wildman–Crippen LogP) is -0.450. The summed E-state index contributed by atoms with van der Waals surface area (Å²) in [5.74, 6) is -1.66. The summed E-state index contributed by atoms with van der Waals surface area (Å²) < 4.78 is 31.9. The van der Waals surface area contributed by atoms with Crippen LogP contribution in [0.5, 0.6) is 0 Å². The molecule has 0 saturated heterocycles. The van der Waals surface area contributed by atoms with Gasteiger partial charge in [0.05, 0.1) is 21.7 Å². The van der Waals surface area contributed by atoms with Gasteiger partial charge < -0.3 is 5.73 Å². The van der Waals surface area contributed by atoms with Crippen LogP contribution >= 0.6 is 0 Å². The number of carbonyl (C=O) groups is 2. The maximum Gasteiger partial charge on any atom is 0.294 e. The van der Waals surface area contributed by atoms with Crippen molar-refractivity contribution < 1.29 is 22.6 Å². The molecule has 2 heterocycles. The normalized spacial score (nSPS) is 13.8. The summed E-state index contributed by atoms with van der Waals surface area (Å²) in [4.78, 5) is 35.1. The Morgan fingerprint density at radius 3 is 2.22 bits per heavy atom. The second-order valence-electron chi connectivity index (χ2n) is 4.74. The Kier molecular flexibility index (Phi) is 3.09. The number of nitrogens with two attached hydrogens (primary N) is 1. The Morgan fingerprint density at radius 1 is 1.04 bits per heavy atom. The minimum atomic E-state index is -4.38. The largest absolute Gasteiger partial charge is 0.384 e. The maximum absolute atomic E-state index is 12.2. The van der Waals surface area contributed by atoms with Crippen LogP contribution in [0.1, 0.15) is 20.7 Å². The van der Waals surface area contributed by atoms with Gasteiger partial charge in [-0.15, -0.1) is 0 Å². The topological polar surface area (TPSA) is 149 Å². The van der Waals surface area contributed by atoms with Crippen LogP contribution in [0, 0.1) is 0 Å². The van der Waals surface area contributed by atoms with E-state index in [9.17, 15) is 22.8 Å². The fourth-order valence-electron chi connectivity index (χ4n) is 2.31. The molecule has 23 heavy (non-hydrogen) atoms. The van der Waals surface area contributed by atoms with Gasteiger partial charge in [0.15, 0.2) is 0 Å². The predicted molar refractivity (Wildman–Crippen MR) is 78.1 cm³/mol. The molecule has 118 valence electrons. The first-order valence-corrected chi connectivity index (χ1v) is 7.63. The molecule has 0 fully saturated rings. The van der Waals surface area contributed by atoms with E-state index < -0.39 is 27.5 Å². The van der Waals surface area contributed by atoms with Crippen LogP contribution in [0.4, 0.5) is 5.82 Å². The summed E-state index contributed by atoms with van der Waals surface area (Å²) in [6.45, 7) is 0. The number of pyridine rings is 1. The number of nitrogens with one attached hydrogen (secondary N) is 1. The van der Waals surface area contributed by atoms with Gasteiger partial charge in [-0.1, -0.05) is 0 Å². The minimum absolute atomic E-state index is 0.108. The van der Waals surface area contributed by atoms with Gasteiger partial charge in [-0.05, 0) is 24.3 Å². The second kappa shape index (κ2) is 4.76. The van der Waals surface area contributed by atoms with Crippen molar-refractivity contribution in [3.8, 4) is 5.69 Å². The number of amides is 2. The van der Waals surface area contributed by atoms with Crippen LogP contribution in [0.25, 0.3) is 5.69 Å². The summed E-state index contributed by atoms with van der Waals surface area (Å²) >= 11 is 0. The fraction of sp³-hybridized carbons (Fsp3) is 0. The van der Waals surface area contributed by atoms with E-state index in [0.717, 1.165) is 22.8 Å². The molecule has 0 atom stereocenters. The number of nitrogens with zero attached hydrogens (tertiary/aromatic N) is 1. The standard InChI is InChI=1S/C13H9N3O6S/c14-11-10-8(12(18)15-13(10)19)5-9(17)16(11)6-1-3-7(4-2-6)23(20,21)22/h1-5H,14H2,(H,15,18,19)(H,20,21,22). The highest BCUT2D eigenvalue weighted by atomic mass is 32.2. The van der Waals surface area contributed by atoms with E-state index in [2.05, 4.69) is 0 Å². The molecule has 1 aliphatic heterocycles. The molecular weight excluding hydrogens is 326 g/mol. The van der Waals surface area contributed by atoms with E-state index in [0.29, 0.717) is 0 Å². The van der Waals surface area contributed by atoms with Crippen molar-refractivity contribution in [2.24, 2.45) is 0 Å². The van der Waals surface area contributed by atoms with Gasteiger partial charge in [0.25, 0.3) is 27.5 Å². The fourth-order valence-corrected chi connectivity index (χ4v) is 2.79. The molecule has 2 aromatic rings. The number of nitrogen functional groups attached to an aromatic ring is 1. The van der Waals surface area contributed by atoms with Gasteiger partial charge in [-0.25, -0.2) is 0 Å². The van der Waals surface area contributed by atoms with E-state index >= 15 is 0 Å². The van der Waals surface area contributed by atoms with Crippen molar-refractivity contribution in [3.63, 3.8) is 0 Å². The summed E-state index contributed by atoms with van der Waals surface area (Å²) in [5.41, 5.74) is 5.12. The number of aromatic nitrogens is 1. The smallest absolute Gasteiger partial charge is 0.294 e. The molecule has 9 nitrogen and oxygen atoms in total. The van der Waals surface area contributed by atoms with E-state index in [1.165, 1.54) is 12.1 Å². The SMILES string of the molecule is Nc1c2c(cc(=O)n1-c1ccc(S(=O)(=O)O)cc1)C(=O)NC2=O. The molecule has 0 bridgehead atoms. The zero-order valence-corrected chi connectivity index (χ0v) is 12.1. The highest BCUT2D eigenvalue weighted by molar-refractivity contribution is 7.85. The molecular formula is C13H9N3O6S. The average Bonchev–Trinajstić information content (AvgIpc) is 2.73. The summed E-state index contributed by atoms with van der Waals surface area (Å²) in [5, 5.41) is 2.04. The van der Waals surface area contributed by atoms with Crippen molar-refractivity contribution in [1.82, 2.24) is 9.88 Å².